The van der Waals surface area contributed by atoms with E-state index in [9.17, 15) is 4.79 Å². The third-order valence-electron chi connectivity index (χ3n) is 3.70. The highest BCUT2D eigenvalue weighted by Gasteiger charge is 2.12. The summed E-state index contributed by atoms with van der Waals surface area (Å²) in [7, 11) is 0. The Labute approximate surface area is 147 Å². The van der Waals surface area contributed by atoms with Crippen molar-refractivity contribution in [2.45, 2.75) is 13.0 Å². The Kier molecular flexibility index (Phi) is 6.06. The Balaban J connectivity index is 1.31. The van der Waals surface area contributed by atoms with Crippen LogP contribution in [0.1, 0.15) is 17.5 Å². The SMILES string of the molecule is O=C(/C=C/c1ccc2c(c1)OCO2)NCCCOCc1ccccc1. The molecule has 130 valence electrons. The van der Waals surface area contributed by atoms with Crippen molar-refractivity contribution in [2.75, 3.05) is 19.9 Å². The Morgan fingerprint density at radius 2 is 1.96 bits per heavy atom. The largest absolute Gasteiger partial charge is 0.454 e. The number of rotatable bonds is 8. The molecule has 1 aliphatic rings. The smallest absolute Gasteiger partial charge is 0.244 e. The second-order valence-corrected chi connectivity index (χ2v) is 5.63. The van der Waals surface area contributed by atoms with E-state index in [0.717, 1.165) is 23.3 Å². The molecular weight excluding hydrogens is 318 g/mol. The maximum atomic E-state index is 11.8. The van der Waals surface area contributed by atoms with Gasteiger partial charge in [0, 0.05) is 19.2 Å². The number of hydrogen-bond acceptors (Lipinski definition) is 4. The van der Waals surface area contributed by atoms with E-state index in [-0.39, 0.29) is 12.7 Å². The maximum absolute atomic E-state index is 11.8. The summed E-state index contributed by atoms with van der Waals surface area (Å²) in [6, 6.07) is 15.6. The van der Waals surface area contributed by atoms with Gasteiger partial charge in [0.1, 0.15) is 0 Å². The van der Waals surface area contributed by atoms with Crippen LogP contribution in [0.15, 0.2) is 54.6 Å². The van der Waals surface area contributed by atoms with Gasteiger partial charge in [-0.05, 0) is 35.8 Å². The average Bonchev–Trinajstić information content (AvgIpc) is 3.11. The third-order valence-corrected chi connectivity index (χ3v) is 3.70. The first-order valence-corrected chi connectivity index (χ1v) is 8.28. The van der Waals surface area contributed by atoms with Gasteiger partial charge in [-0.2, -0.15) is 0 Å². The summed E-state index contributed by atoms with van der Waals surface area (Å²) in [5, 5.41) is 2.84. The number of carbonyl (C=O) groups excluding carboxylic acids is 1. The molecule has 1 N–H and O–H groups in total. The summed E-state index contributed by atoms with van der Waals surface area (Å²) in [5.74, 6) is 1.32. The van der Waals surface area contributed by atoms with Gasteiger partial charge in [0.25, 0.3) is 0 Å². The second kappa shape index (κ2) is 8.89. The zero-order chi connectivity index (χ0) is 17.3. The second-order valence-electron chi connectivity index (χ2n) is 5.63. The van der Waals surface area contributed by atoms with E-state index in [1.807, 2.05) is 48.5 Å². The van der Waals surface area contributed by atoms with E-state index in [1.54, 1.807) is 6.08 Å². The van der Waals surface area contributed by atoms with Gasteiger partial charge in [0.05, 0.1) is 6.61 Å². The molecule has 5 nitrogen and oxygen atoms in total. The monoisotopic (exact) mass is 339 g/mol. The van der Waals surface area contributed by atoms with Crippen LogP contribution in [0, 0.1) is 0 Å². The van der Waals surface area contributed by atoms with E-state index >= 15 is 0 Å². The summed E-state index contributed by atoms with van der Waals surface area (Å²) >= 11 is 0. The molecule has 0 radical (unpaired) electrons. The van der Waals surface area contributed by atoms with Crippen LogP contribution in [0.5, 0.6) is 11.5 Å². The van der Waals surface area contributed by atoms with Crippen LogP contribution in [0.2, 0.25) is 0 Å². The summed E-state index contributed by atoms with van der Waals surface area (Å²) in [6.07, 6.45) is 4.04. The fourth-order valence-electron chi connectivity index (χ4n) is 2.40. The number of fused-ring (bicyclic) bond motifs is 1. The van der Waals surface area contributed by atoms with E-state index in [2.05, 4.69) is 5.32 Å². The van der Waals surface area contributed by atoms with Crippen LogP contribution in [0.25, 0.3) is 6.08 Å². The molecule has 0 aromatic heterocycles. The molecule has 0 unspecified atom stereocenters. The molecule has 0 saturated heterocycles. The van der Waals surface area contributed by atoms with Crippen molar-refractivity contribution in [1.82, 2.24) is 5.32 Å². The highest BCUT2D eigenvalue weighted by molar-refractivity contribution is 5.91. The van der Waals surface area contributed by atoms with Gasteiger partial charge >= 0.3 is 0 Å². The molecule has 3 rings (SSSR count). The standard InChI is InChI=1S/C20H21NO4/c22-20(10-8-16-7-9-18-19(13-16)25-15-24-18)21-11-4-12-23-14-17-5-2-1-3-6-17/h1-3,5-10,13H,4,11-12,14-15H2,(H,21,22)/b10-8+. The minimum atomic E-state index is -0.124. The van der Waals surface area contributed by atoms with Crippen LogP contribution in [-0.4, -0.2) is 25.9 Å². The van der Waals surface area contributed by atoms with E-state index in [0.29, 0.717) is 25.5 Å². The molecular formula is C20H21NO4. The fraction of sp³-hybridized carbons (Fsp3) is 0.250. The Hall–Kier alpha value is -2.79. The van der Waals surface area contributed by atoms with Gasteiger partial charge < -0.3 is 19.5 Å². The van der Waals surface area contributed by atoms with E-state index in [1.165, 1.54) is 6.08 Å². The number of benzene rings is 2. The van der Waals surface area contributed by atoms with Crippen molar-refractivity contribution in [3.05, 3.63) is 65.7 Å². The third kappa shape index (κ3) is 5.36. The van der Waals surface area contributed by atoms with Gasteiger partial charge in [-0.1, -0.05) is 36.4 Å². The van der Waals surface area contributed by atoms with Crippen molar-refractivity contribution in [2.24, 2.45) is 0 Å². The minimum Gasteiger partial charge on any atom is -0.454 e. The Morgan fingerprint density at radius 3 is 2.84 bits per heavy atom. The molecule has 0 spiro atoms. The molecule has 0 bridgehead atoms. The van der Waals surface area contributed by atoms with Crippen molar-refractivity contribution < 1.29 is 19.0 Å². The van der Waals surface area contributed by atoms with Crippen molar-refractivity contribution in [1.29, 1.82) is 0 Å². The molecule has 2 aromatic carbocycles. The molecule has 5 heteroatoms. The molecule has 1 amide bonds. The van der Waals surface area contributed by atoms with Crippen molar-refractivity contribution >= 4 is 12.0 Å². The predicted molar refractivity (Wildman–Crippen MR) is 95.3 cm³/mol. The number of carbonyl (C=O) groups is 1. The normalized spacial score (nSPS) is 12.5. The molecule has 1 aliphatic heterocycles. The highest BCUT2D eigenvalue weighted by Crippen LogP contribution is 2.32. The summed E-state index contributed by atoms with van der Waals surface area (Å²) in [4.78, 5) is 11.8. The topological polar surface area (TPSA) is 56.8 Å². The molecule has 0 atom stereocenters. The fourth-order valence-corrected chi connectivity index (χ4v) is 2.40. The lowest BCUT2D eigenvalue weighted by molar-refractivity contribution is -0.116. The van der Waals surface area contributed by atoms with Crippen LogP contribution in [-0.2, 0) is 16.1 Å². The summed E-state index contributed by atoms with van der Waals surface area (Å²) < 4.78 is 16.1. The first-order valence-electron chi connectivity index (χ1n) is 8.28. The van der Waals surface area contributed by atoms with Gasteiger partial charge in [-0.3, -0.25) is 4.79 Å². The van der Waals surface area contributed by atoms with Crippen LogP contribution in [0.3, 0.4) is 0 Å². The molecule has 2 aromatic rings. The number of nitrogens with one attached hydrogen (secondary N) is 1. The highest BCUT2D eigenvalue weighted by atomic mass is 16.7. The molecule has 0 fully saturated rings. The first-order chi connectivity index (χ1) is 12.3. The average molecular weight is 339 g/mol. The Morgan fingerprint density at radius 1 is 1.12 bits per heavy atom. The maximum Gasteiger partial charge on any atom is 0.244 e. The molecule has 25 heavy (non-hydrogen) atoms. The number of amides is 1. The van der Waals surface area contributed by atoms with Crippen molar-refractivity contribution in [3.63, 3.8) is 0 Å². The van der Waals surface area contributed by atoms with Gasteiger partial charge in [0.15, 0.2) is 11.5 Å². The van der Waals surface area contributed by atoms with Crippen LogP contribution in [0.4, 0.5) is 0 Å². The van der Waals surface area contributed by atoms with E-state index < -0.39 is 0 Å². The lowest BCUT2D eigenvalue weighted by Gasteiger charge is -2.05. The van der Waals surface area contributed by atoms with Crippen molar-refractivity contribution in [3.8, 4) is 11.5 Å². The zero-order valence-corrected chi connectivity index (χ0v) is 13.9. The van der Waals surface area contributed by atoms with E-state index in [4.69, 9.17) is 14.2 Å². The minimum absolute atomic E-state index is 0.124. The lowest BCUT2D eigenvalue weighted by Crippen LogP contribution is -2.23. The summed E-state index contributed by atoms with van der Waals surface area (Å²) in [6.45, 7) is 2.04. The van der Waals surface area contributed by atoms with Gasteiger partial charge in [0.2, 0.25) is 12.7 Å². The number of hydrogen-bond donors (Lipinski definition) is 1. The zero-order valence-electron chi connectivity index (χ0n) is 13.9. The number of ether oxygens (including phenoxy) is 3. The molecule has 0 saturated carbocycles. The molecule has 1 heterocycles. The van der Waals surface area contributed by atoms with Gasteiger partial charge in [-0.25, -0.2) is 0 Å². The Bertz CT molecular complexity index is 728. The lowest BCUT2D eigenvalue weighted by atomic mass is 10.2. The first kappa shape index (κ1) is 17.0. The predicted octanol–water partition coefficient (Wildman–Crippen LogP) is 3.15. The molecule has 0 aliphatic carbocycles. The van der Waals surface area contributed by atoms with Crippen LogP contribution >= 0.6 is 0 Å². The van der Waals surface area contributed by atoms with Gasteiger partial charge in [-0.15, -0.1) is 0 Å². The quantitative estimate of drug-likeness (QED) is 0.593. The van der Waals surface area contributed by atoms with Crippen LogP contribution < -0.4 is 14.8 Å². The summed E-state index contributed by atoms with van der Waals surface area (Å²) in [5.41, 5.74) is 2.05.